The van der Waals surface area contributed by atoms with Crippen LogP contribution in [0.2, 0.25) is 5.02 Å². The first-order valence-electron chi connectivity index (χ1n) is 7.86. The standard InChI is InChI=1S/C19H22ClNO3/c1-13(2)11-23-18-7-5-4-6-16(18)21-19(22)12-24-17-9-8-15(20)10-14(17)3/h4-10,13H,11-12H2,1-3H3,(H,21,22). The van der Waals surface area contributed by atoms with Gasteiger partial charge in [0.1, 0.15) is 11.5 Å². The van der Waals surface area contributed by atoms with Crippen LogP contribution in [0.3, 0.4) is 0 Å². The second kappa shape index (κ2) is 8.60. The van der Waals surface area contributed by atoms with Gasteiger partial charge in [0.25, 0.3) is 5.91 Å². The predicted molar refractivity (Wildman–Crippen MR) is 97.1 cm³/mol. The number of amides is 1. The second-order valence-electron chi connectivity index (χ2n) is 5.95. The van der Waals surface area contributed by atoms with Gasteiger partial charge in [0.05, 0.1) is 12.3 Å². The van der Waals surface area contributed by atoms with Crippen LogP contribution in [0.15, 0.2) is 42.5 Å². The molecule has 128 valence electrons. The molecule has 24 heavy (non-hydrogen) atoms. The Kier molecular flexibility index (Phi) is 6.50. The van der Waals surface area contributed by atoms with E-state index in [0.717, 1.165) is 5.56 Å². The number of rotatable bonds is 7. The van der Waals surface area contributed by atoms with Crippen molar-refractivity contribution in [3.8, 4) is 11.5 Å². The van der Waals surface area contributed by atoms with E-state index in [9.17, 15) is 4.79 Å². The third-order valence-electron chi connectivity index (χ3n) is 3.23. The molecular formula is C19H22ClNO3. The minimum Gasteiger partial charge on any atom is -0.491 e. The number of carbonyl (C=O) groups is 1. The highest BCUT2D eigenvalue weighted by molar-refractivity contribution is 6.30. The minimum atomic E-state index is -0.245. The number of carbonyl (C=O) groups excluding carboxylic acids is 1. The zero-order valence-corrected chi connectivity index (χ0v) is 14.9. The van der Waals surface area contributed by atoms with E-state index in [-0.39, 0.29) is 12.5 Å². The highest BCUT2D eigenvalue weighted by Crippen LogP contribution is 2.25. The fourth-order valence-corrected chi connectivity index (χ4v) is 2.28. The molecule has 0 heterocycles. The molecule has 0 fully saturated rings. The van der Waals surface area contributed by atoms with Gasteiger partial charge >= 0.3 is 0 Å². The fraction of sp³-hybridized carbons (Fsp3) is 0.316. The van der Waals surface area contributed by atoms with Crippen molar-refractivity contribution in [3.05, 3.63) is 53.1 Å². The number of aryl methyl sites for hydroxylation is 1. The molecule has 0 aliphatic rings. The van der Waals surface area contributed by atoms with Crippen molar-refractivity contribution in [3.63, 3.8) is 0 Å². The zero-order chi connectivity index (χ0) is 17.5. The summed E-state index contributed by atoms with van der Waals surface area (Å²) in [6.07, 6.45) is 0. The summed E-state index contributed by atoms with van der Waals surface area (Å²) >= 11 is 5.91. The van der Waals surface area contributed by atoms with Crippen LogP contribution in [-0.2, 0) is 4.79 Å². The van der Waals surface area contributed by atoms with Gasteiger partial charge in [0.15, 0.2) is 6.61 Å². The average molecular weight is 348 g/mol. The molecule has 1 N–H and O–H groups in total. The number of ether oxygens (including phenoxy) is 2. The van der Waals surface area contributed by atoms with E-state index >= 15 is 0 Å². The molecule has 0 aliphatic carbocycles. The number of nitrogens with one attached hydrogen (secondary N) is 1. The van der Waals surface area contributed by atoms with Crippen molar-refractivity contribution in [2.45, 2.75) is 20.8 Å². The Labute approximate surface area is 147 Å². The maximum absolute atomic E-state index is 12.1. The molecule has 0 aliphatic heterocycles. The van der Waals surface area contributed by atoms with Crippen molar-refractivity contribution in [2.24, 2.45) is 5.92 Å². The van der Waals surface area contributed by atoms with Gasteiger partial charge in [-0.15, -0.1) is 0 Å². The second-order valence-corrected chi connectivity index (χ2v) is 6.38. The Morgan fingerprint density at radius 3 is 2.58 bits per heavy atom. The number of anilines is 1. The lowest BCUT2D eigenvalue weighted by Gasteiger charge is -2.14. The Morgan fingerprint density at radius 2 is 1.88 bits per heavy atom. The van der Waals surface area contributed by atoms with E-state index in [4.69, 9.17) is 21.1 Å². The Balaban J connectivity index is 1.95. The lowest BCUT2D eigenvalue weighted by atomic mass is 10.2. The van der Waals surface area contributed by atoms with Gasteiger partial charge in [-0.05, 0) is 48.7 Å². The van der Waals surface area contributed by atoms with Crippen LogP contribution >= 0.6 is 11.6 Å². The van der Waals surface area contributed by atoms with E-state index in [1.54, 1.807) is 24.3 Å². The first kappa shape index (κ1) is 18.1. The van der Waals surface area contributed by atoms with Gasteiger partial charge in [-0.3, -0.25) is 4.79 Å². The van der Waals surface area contributed by atoms with Crippen LogP contribution in [0.5, 0.6) is 11.5 Å². The molecule has 0 unspecified atom stereocenters. The maximum Gasteiger partial charge on any atom is 0.262 e. The predicted octanol–water partition coefficient (Wildman–Crippen LogP) is 4.70. The molecule has 0 atom stereocenters. The summed E-state index contributed by atoms with van der Waals surface area (Å²) < 4.78 is 11.3. The maximum atomic E-state index is 12.1. The number of para-hydroxylation sites is 2. The quantitative estimate of drug-likeness (QED) is 0.789. The van der Waals surface area contributed by atoms with Gasteiger partial charge in [-0.25, -0.2) is 0 Å². The largest absolute Gasteiger partial charge is 0.491 e. The molecule has 0 saturated carbocycles. The summed E-state index contributed by atoms with van der Waals surface area (Å²) in [7, 11) is 0. The zero-order valence-electron chi connectivity index (χ0n) is 14.1. The van der Waals surface area contributed by atoms with Crippen LogP contribution in [0.1, 0.15) is 19.4 Å². The molecule has 0 spiro atoms. The van der Waals surface area contributed by atoms with Crippen LogP contribution in [0.25, 0.3) is 0 Å². The van der Waals surface area contributed by atoms with E-state index in [2.05, 4.69) is 19.2 Å². The Hall–Kier alpha value is -2.20. The molecule has 2 aromatic carbocycles. The van der Waals surface area contributed by atoms with Gasteiger partial charge in [0.2, 0.25) is 0 Å². The van der Waals surface area contributed by atoms with E-state index < -0.39 is 0 Å². The smallest absolute Gasteiger partial charge is 0.262 e. The summed E-state index contributed by atoms with van der Waals surface area (Å²) in [6, 6.07) is 12.6. The number of hydrogen-bond acceptors (Lipinski definition) is 3. The summed E-state index contributed by atoms with van der Waals surface area (Å²) in [6.45, 7) is 6.54. The first-order chi connectivity index (χ1) is 11.5. The molecule has 0 aromatic heterocycles. The highest BCUT2D eigenvalue weighted by Gasteiger charge is 2.10. The molecule has 0 bridgehead atoms. The number of benzene rings is 2. The fourth-order valence-electron chi connectivity index (χ4n) is 2.06. The SMILES string of the molecule is Cc1cc(Cl)ccc1OCC(=O)Nc1ccccc1OCC(C)C. The summed E-state index contributed by atoms with van der Waals surface area (Å²) in [5.74, 6) is 1.45. The van der Waals surface area contributed by atoms with Crippen LogP contribution in [0, 0.1) is 12.8 Å². The van der Waals surface area contributed by atoms with Crippen molar-refractivity contribution in [1.29, 1.82) is 0 Å². The van der Waals surface area contributed by atoms with Gasteiger partial charge in [-0.1, -0.05) is 37.6 Å². The molecule has 0 radical (unpaired) electrons. The molecule has 4 nitrogen and oxygen atoms in total. The monoisotopic (exact) mass is 347 g/mol. The van der Waals surface area contributed by atoms with Crippen molar-refractivity contribution >= 4 is 23.2 Å². The van der Waals surface area contributed by atoms with Gasteiger partial charge in [0, 0.05) is 5.02 Å². The Morgan fingerprint density at radius 1 is 1.12 bits per heavy atom. The topological polar surface area (TPSA) is 47.6 Å². The molecule has 5 heteroatoms. The number of hydrogen-bond donors (Lipinski definition) is 1. The van der Waals surface area contributed by atoms with Crippen molar-refractivity contribution in [1.82, 2.24) is 0 Å². The summed E-state index contributed by atoms with van der Waals surface area (Å²) in [5.41, 5.74) is 1.52. The van der Waals surface area contributed by atoms with E-state index in [1.807, 2.05) is 25.1 Å². The highest BCUT2D eigenvalue weighted by atomic mass is 35.5. The van der Waals surface area contributed by atoms with E-state index in [0.29, 0.717) is 34.7 Å². The summed E-state index contributed by atoms with van der Waals surface area (Å²) in [4.78, 5) is 12.1. The number of halogens is 1. The lowest BCUT2D eigenvalue weighted by Crippen LogP contribution is -2.21. The van der Waals surface area contributed by atoms with E-state index in [1.165, 1.54) is 0 Å². The van der Waals surface area contributed by atoms with Crippen LogP contribution in [-0.4, -0.2) is 19.1 Å². The summed E-state index contributed by atoms with van der Waals surface area (Å²) in [5, 5.41) is 3.46. The average Bonchev–Trinajstić information content (AvgIpc) is 2.53. The van der Waals surface area contributed by atoms with Crippen molar-refractivity contribution < 1.29 is 14.3 Å². The van der Waals surface area contributed by atoms with Crippen LogP contribution in [0.4, 0.5) is 5.69 Å². The lowest BCUT2D eigenvalue weighted by molar-refractivity contribution is -0.118. The third kappa shape index (κ3) is 5.46. The molecule has 2 rings (SSSR count). The molecule has 1 amide bonds. The molecule has 2 aromatic rings. The first-order valence-corrected chi connectivity index (χ1v) is 8.24. The minimum absolute atomic E-state index is 0.0824. The van der Waals surface area contributed by atoms with Crippen LogP contribution < -0.4 is 14.8 Å². The Bertz CT molecular complexity index is 701. The van der Waals surface area contributed by atoms with Gasteiger partial charge < -0.3 is 14.8 Å². The third-order valence-corrected chi connectivity index (χ3v) is 3.46. The van der Waals surface area contributed by atoms with Gasteiger partial charge in [-0.2, -0.15) is 0 Å². The normalized spacial score (nSPS) is 10.5. The molecular weight excluding hydrogens is 326 g/mol. The molecule has 0 saturated heterocycles. The van der Waals surface area contributed by atoms with Crippen molar-refractivity contribution in [2.75, 3.05) is 18.5 Å².